The van der Waals surface area contributed by atoms with Gasteiger partial charge in [-0.25, -0.2) is 0 Å². The van der Waals surface area contributed by atoms with Crippen LogP contribution in [0.5, 0.6) is 0 Å². The Morgan fingerprint density at radius 3 is 1.49 bits per heavy atom. The summed E-state index contributed by atoms with van der Waals surface area (Å²) in [7, 11) is 4.38. The van der Waals surface area contributed by atoms with Gasteiger partial charge >= 0.3 is 12.4 Å². The average molecular weight is 693 g/mol. The molecule has 0 fully saturated rings. The lowest BCUT2D eigenvalue weighted by molar-refractivity contribution is -0.384. The third kappa shape index (κ3) is 8.93. The number of aliphatic hydroxyl groups excluding tert-OH is 1. The Morgan fingerprint density at radius 1 is 0.673 bits per heavy atom. The van der Waals surface area contributed by atoms with Gasteiger partial charge in [0.25, 0.3) is 5.69 Å². The lowest BCUT2D eigenvalue weighted by atomic mass is 10.0. The number of nitro benzene ring substituents is 1. The van der Waals surface area contributed by atoms with Gasteiger partial charge in [0.2, 0.25) is 0 Å². The van der Waals surface area contributed by atoms with Gasteiger partial charge in [-0.1, -0.05) is 46.5 Å². The molecule has 15 heteroatoms. The topological polar surface area (TPSA) is 125 Å². The lowest BCUT2D eigenvalue weighted by Gasteiger charge is -2.07. The first kappa shape index (κ1) is 41.6. The number of rotatable bonds is 3. The van der Waals surface area contributed by atoms with Crippen LogP contribution in [0.4, 0.5) is 37.7 Å². The van der Waals surface area contributed by atoms with Crippen molar-refractivity contribution in [2.24, 2.45) is 14.1 Å². The number of benzene rings is 4. The van der Waals surface area contributed by atoms with Crippen molar-refractivity contribution in [2.45, 2.75) is 34.6 Å². The number of non-ortho nitro benzene ring substituents is 1. The summed E-state index contributed by atoms with van der Waals surface area (Å²) in [5, 5.41) is 27.6. The van der Waals surface area contributed by atoms with E-state index in [1.165, 1.54) is 41.1 Å². The zero-order chi connectivity index (χ0) is 34.0. The predicted molar refractivity (Wildman–Crippen MR) is 182 cm³/mol. The zero-order valence-electron chi connectivity index (χ0n) is 24.4. The Kier molecular flexibility index (Phi) is 13.7. The second kappa shape index (κ2) is 16.1. The molecule has 0 spiro atoms. The molecule has 6 rings (SSSR count). The molecule has 49 heavy (non-hydrogen) atoms. The van der Waals surface area contributed by atoms with Gasteiger partial charge in [0, 0.05) is 60.9 Å². The van der Waals surface area contributed by atoms with Gasteiger partial charge < -0.3 is 10.8 Å². The monoisotopic (exact) mass is 692 g/mol. The first-order chi connectivity index (χ1) is 21.6. The van der Waals surface area contributed by atoms with Gasteiger partial charge in [-0.05, 0) is 48.5 Å². The number of nitrogens with zero attached hydrogens (tertiary/aromatic N) is 5. The average Bonchev–Trinajstić information content (AvgIpc) is 3.53. The van der Waals surface area contributed by atoms with E-state index in [0.717, 1.165) is 42.3 Å². The summed E-state index contributed by atoms with van der Waals surface area (Å²) in [5.41, 5.74) is 7.54. The number of fused-ring (bicyclic) bond motifs is 2. The van der Waals surface area contributed by atoms with E-state index in [-0.39, 0.29) is 39.2 Å². The largest absolute Gasteiger partial charge is 0.416 e. The molecule has 6 aromatic rings. The number of aromatic nitrogens is 4. The SMILES string of the molecule is C.C.C.CO.Cn1nc(-c2cccc(C(F)(F)F)c2)c2cc(N)ccc21.Cn1nc(-c2cccc(C(F)(F)F)c2)c2cc([N+](=O)[O-])ccc21. The molecule has 0 saturated heterocycles. The Balaban J connectivity index is 0.000000442. The summed E-state index contributed by atoms with van der Waals surface area (Å²) in [5.74, 6) is 0. The quantitative estimate of drug-likeness (QED) is 0.0824. The Hall–Kier alpha value is -5.44. The molecular formula is C34H38F6N6O3. The number of nitrogens with two attached hydrogens (primary N) is 1. The second-order valence-electron chi connectivity index (χ2n) is 9.84. The summed E-state index contributed by atoms with van der Waals surface area (Å²) in [6.45, 7) is 0. The van der Waals surface area contributed by atoms with Crippen LogP contribution in [0.1, 0.15) is 33.4 Å². The van der Waals surface area contributed by atoms with E-state index in [1.54, 1.807) is 43.0 Å². The van der Waals surface area contributed by atoms with E-state index in [9.17, 15) is 36.5 Å². The molecule has 2 heterocycles. The minimum absolute atomic E-state index is 0. The van der Waals surface area contributed by atoms with Gasteiger partial charge in [0.15, 0.2) is 0 Å². The molecule has 0 aliphatic carbocycles. The standard InChI is InChI=1S/C15H10F3N3O2.C15H12F3N3.CH4O.3CH4/c1-20-13-6-5-11(21(22)23)8-12(13)14(19-20)9-3-2-4-10(7-9)15(16,17)18;1-21-13-6-5-11(19)8-12(13)14(20-21)9-3-2-4-10(7-9)15(16,17)18;1-2;;;/h2-8H,1H3;2-8H,19H2,1H3;2H,1H3;3*1H4. The number of halogens is 6. The molecule has 9 nitrogen and oxygen atoms in total. The lowest BCUT2D eigenvalue weighted by Crippen LogP contribution is -2.04. The summed E-state index contributed by atoms with van der Waals surface area (Å²) in [4.78, 5) is 10.4. The van der Waals surface area contributed by atoms with Crippen LogP contribution in [0.3, 0.4) is 0 Å². The van der Waals surface area contributed by atoms with Gasteiger partial charge in [-0.2, -0.15) is 36.5 Å². The van der Waals surface area contributed by atoms with Gasteiger partial charge in [0.05, 0.1) is 27.1 Å². The number of nitro groups is 1. The molecule has 0 amide bonds. The molecule has 0 unspecified atom stereocenters. The number of nitrogen functional groups attached to an aromatic ring is 1. The van der Waals surface area contributed by atoms with Crippen LogP contribution >= 0.6 is 0 Å². The van der Waals surface area contributed by atoms with E-state index < -0.39 is 28.4 Å². The van der Waals surface area contributed by atoms with Crippen molar-refractivity contribution in [3.8, 4) is 22.5 Å². The normalized spacial score (nSPS) is 10.8. The van der Waals surface area contributed by atoms with Crippen LogP contribution < -0.4 is 5.73 Å². The highest BCUT2D eigenvalue weighted by Gasteiger charge is 2.31. The third-order valence-electron chi connectivity index (χ3n) is 6.85. The fourth-order valence-corrected chi connectivity index (χ4v) is 4.76. The molecule has 0 saturated carbocycles. The van der Waals surface area contributed by atoms with E-state index in [1.807, 2.05) is 0 Å². The first-order valence-electron chi connectivity index (χ1n) is 13.3. The summed E-state index contributed by atoms with van der Waals surface area (Å²) in [6, 6.07) is 19.3. The van der Waals surface area contributed by atoms with Gasteiger partial charge in [0.1, 0.15) is 11.4 Å². The van der Waals surface area contributed by atoms with Crippen molar-refractivity contribution < 1.29 is 36.4 Å². The molecule has 4 aromatic carbocycles. The van der Waals surface area contributed by atoms with Crippen LogP contribution in [0, 0.1) is 10.1 Å². The van der Waals surface area contributed by atoms with Crippen molar-refractivity contribution in [1.82, 2.24) is 19.6 Å². The number of aryl methyl sites for hydroxylation is 2. The summed E-state index contributed by atoms with van der Waals surface area (Å²) in [6.07, 6.45) is -8.84. The van der Waals surface area contributed by atoms with Crippen molar-refractivity contribution >= 4 is 33.2 Å². The second-order valence-corrected chi connectivity index (χ2v) is 9.84. The molecule has 0 aliphatic rings. The molecule has 0 radical (unpaired) electrons. The zero-order valence-corrected chi connectivity index (χ0v) is 24.4. The molecule has 2 aromatic heterocycles. The third-order valence-corrected chi connectivity index (χ3v) is 6.85. The van der Waals surface area contributed by atoms with Gasteiger partial charge in [-0.15, -0.1) is 0 Å². The molecule has 3 N–H and O–H groups in total. The highest BCUT2D eigenvalue weighted by Crippen LogP contribution is 2.36. The maximum Gasteiger partial charge on any atom is 0.416 e. The summed E-state index contributed by atoms with van der Waals surface area (Å²) >= 11 is 0. The highest BCUT2D eigenvalue weighted by atomic mass is 19.4. The number of hydrogen-bond donors (Lipinski definition) is 2. The number of aliphatic hydroxyl groups is 1. The van der Waals surface area contributed by atoms with E-state index in [0.29, 0.717) is 27.8 Å². The molecule has 0 atom stereocenters. The Bertz CT molecular complexity index is 2030. The fraction of sp³-hybridized carbons (Fsp3) is 0.235. The van der Waals surface area contributed by atoms with Crippen molar-refractivity contribution in [2.75, 3.05) is 12.8 Å². The number of hydrogen-bond acceptors (Lipinski definition) is 6. The van der Waals surface area contributed by atoms with Crippen LogP contribution in [0.25, 0.3) is 44.3 Å². The van der Waals surface area contributed by atoms with E-state index in [4.69, 9.17) is 10.8 Å². The molecule has 264 valence electrons. The minimum Gasteiger partial charge on any atom is -0.400 e. The number of alkyl halides is 6. The van der Waals surface area contributed by atoms with Gasteiger partial charge in [-0.3, -0.25) is 19.5 Å². The highest BCUT2D eigenvalue weighted by molar-refractivity contribution is 5.96. The van der Waals surface area contributed by atoms with Crippen LogP contribution in [0.2, 0.25) is 0 Å². The van der Waals surface area contributed by atoms with Crippen molar-refractivity contribution in [3.63, 3.8) is 0 Å². The molecular weight excluding hydrogens is 654 g/mol. The first-order valence-corrected chi connectivity index (χ1v) is 13.3. The predicted octanol–water partition coefficient (Wildman–Crippen LogP) is 9.53. The minimum atomic E-state index is -4.47. The maximum atomic E-state index is 12.9. The Morgan fingerprint density at radius 2 is 1.08 bits per heavy atom. The van der Waals surface area contributed by atoms with E-state index in [2.05, 4.69) is 10.2 Å². The van der Waals surface area contributed by atoms with Crippen molar-refractivity contribution in [1.29, 1.82) is 0 Å². The number of anilines is 1. The summed E-state index contributed by atoms with van der Waals surface area (Å²) < 4.78 is 80.1. The smallest absolute Gasteiger partial charge is 0.400 e. The fourth-order valence-electron chi connectivity index (χ4n) is 4.76. The Labute approximate surface area is 279 Å². The van der Waals surface area contributed by atoms with Crippen LogP contribution in [-0.2, 0) is 26.4 Å². The van der Waals surface area contributed by atoms with Crippen molar-refractivity contribution in [3.05, 3.63) is 106 Å². The van der Waals surface area contributed by atoms with E-state index >= 15 is 0 Å². The van der Waals surface area contributed by atoms with Crippen LogP contribution in [0.15, 0.2) is 84.9 Å². The van der Waals surface area contributed by atoms with Crippen LogP contribution in [-0.4, -0.2) is 36.7 Å². The molecule has 0 aliphatic heterocycles. The molecule has 0 bridgehead atoms. The maximum absolute atomic E-state index is 12.9.